The number of hydrogen-bond acceptors (Lipinski definition) is 5. The van der Waals surface area contributed by atoms with Gasteiger partial charge in [-0.15, -0.1) is 0 Å². The van der Waals surface area contributed by atoms with Crippen molar-refractivity contribution in [1.29, 1.82) is 0 Å². The van der Waals surface area contributed by atoms with Gasteiger partial charge in [0.25, 0.3) is 5.91 Å². The molecule has 0 aliphatic rings. The second kappa shape index (κ2) is 10.5. The number of nitrogens with zero attached hydrogens (tertiary/aromatic N) is 1. The molecule has 3 aromatic rings. The van der Waals surface area contributed by atoms with Gasteiger partial charge in [-0.05, 0) is 67.9 Å². The fraction of sp³-hybridized carbons (Fsp3) is 0.125. The van der Waals surface area contributed by atoms with Gasteiger partial charge < -0.3 is 9.47 Å². The molecule has 0 spiro atoms. The Labute approximate surface area is 189 Å². The van der Waals surface area contributed by atoms with Crippen molar-refractivity contribution in [3.63, 3.8) is 0 Å². The van der Waals surface area contributed by atoms with Crippen LogP contribution >= 0.6 is 15.9 Å². The molecule has 158 valence electrons. The molecule has 3 rings (SSSR count). The van der Waals surface area contributed by atoms with Crippen molar-refractivity contribution in [3.8, 4) is 11.5 Å². The van der Waals surface area contributed by atoms with Crippen LogP contribution in [0.1, 0.15) is 38.8 Å². The lowest BCUT2D eigenvalue weighted by atomic mass is 10.1. The molecule has 0 unspecified atom stereocenters. The molecule has 1 N–H and O–H groups in total. The van der Waals surface area contributed by atoms with Crippen LogP contribution in [-0.2, 0) is 0 Å². The van der Waals surface area contributed by atoms with Crippen LogP contribution in [0.2, 0.25) is 0 Å². The van der Waals surface area contributed by atoms with Crippen molar-refractivity contribution in [1.82, 2.24) is 5.43 Å². The second-order valence-electron chi connectivity index (χ2n) is 6.60. The Balaban J connectivity index is 1.70. The van der Waals surface area contributed by atoms with E-state index in [1.165, 1.54) is 6.21 Å². The maximum absolute atomic E-state index is 12.4. The Hall–Kier alpha value is -3.45. The SMILES string of the molecule is CCOc1cc(/C=N\NC(=O)c2cccc(Br)c2)ccc1OC(=O)c1ccc(C)cc1. The largest absolute Gasteiger partial charge is 0.490 e. The lowest BCUT2D eigenvalue weighted by molar-refractivity contribution is 0.0728. The molecule has 0 heterocycles. The van der Waals surface area contributed by atoms with E-state index in [0.717, 1.165) is 10.0 Å². The van der Waals surface area contributed by atoms with Gasteiger partial charge in [0.15, 0.2) is 11.5 Å². The topological polar surface area (TPSA) is 77.0 Å². The first-order chi connectivity index (χ1) is 15.0. The minimum Gasteiger partial charge on any atom is -0.490 e. The molecule has 0 saturated heterocycles. The van der Waals surface area contributed by atoms with Crippen molar-refractivity contribution in [2.45, 2.75) is 13.8 Å². The predicted octanol–water partition coefficient (Wildman–Crippen LogP) is 5.14. The van der Waals surface area contributed by atoms with Crippen LogP contribution < -0.4 is 14.9 Å². The highest BCUT2D eigenvalue weighted by Crippen LogP contribution is 2.29. The Morgan fingerprint density at radius 3 is 2.48 bits per heavy atom. The summed E-state index contributed by atoms with van der Waals surface area (Å²) in [5, 5.41) is 3.99. The van der Waals surface area contributed by atoms with Crippen LogP contribution in [0.3, 0.4) is 0 Å². The standard InChI is InChI=1S/C24H21BrN2O4/c1-3-30-22-13-17(15-26-27-23(28)19-5-4-6-20(25)14-19)9-12-21(22)31-24(29)18-10-7-16(2)8-11-18/h4-15H,3H2,1-2H3,(H,27,28)/b26-15-. The van der Waals surface area contributed by atoms with Gasteiger partial charge in [0.05, 0.1) is 18.4 Å². The van der Waals surface area contributed by atoms with E-state index in [2.05, 4.69) is 26.5 Å². The molecule has 0 saturated carbocycles. The van der Waals surface area contributed by atoms with Gasteiger partial charge in [-0.1, -0.05) is 39.7 Å². The van der Waals surface area contributed by atoms with Crippen LogP contribution in [0.25, 0.3) is 0 Å². The Bertz CT molecular complexity index is 1110. The fourth-order valence-corrected chi connectivity index (χ4v) is 3.06. The Morgan fingerprint density at radius 2 is 1.77 bits per heavy atom. The normalized spacial score (nSPS) is 10.7. The smallest absolute Gasteiger partial charge is 0.343 e. The van der Waals surface area contributed by atoms with Gasteiger partial charge in [-0.25, -0.2) is 10.2 Å². The number of ether oxygens (including phenoxy) is 2. The van der Waals surface area contributed by atoms with Gasteiger partial charge in [0, 0.05) is 10.0 Å². The third kappa shape index (κ3) is 6.26. The summed E-state index contributed by atoms with van der Waals surface area (Å²) in [6.45, 7) is 4.18. The molecule has 6 nitrogen and oxygen atoms in total. The molecule has 7 heteroatoms. The summed E-state index contributed by atoms with van der Waals surface area (Å²) in [5.74, 6) is -0.0807. The van der Waals surface area contributed by atoms with Crippen LogP contribution in [-0.4, -0.2) is 24.7 Å². The number of carbonyl (C=O) groups is 2. The predicted molar refractivity (Wildman–Crippen MR) is 123 cm³/mol. The van der Waals surface area contributed by atoms with Crippen molar-refractivity contribution in [2.24, 2.45) is 5.10 Å². The number of rotatable bonds is 7. The molecular formula is C24H21BrN2O4. The van der Waals surface area contributed by atoms with Gasteiger partial charge in [-0.3, -0.25) is 4.79 Å². The molecule has 0 atom stereocenters. The number of nitrogens with one attached hydrogen (secondary N) is 1. The number of hydrazone groups is 1. The molecule has 0 aromatic heterocycles. The van der Waals surface area contributed by atoms with Crippen LogP contribution in [0, 0.1) is 6.92 Å². The first-order valence-electron chi connectivity index (χ1n) is 9.61. The maximum atomic E-state index is 12.4. The van der Waals surface area contributed by atoms with Crippen molar-refractivity contribution >= 4 is 34.0 Å². The number of amides is 1. The maximum Gasteiger partial charge on any atom is 0.343 e. The minimum absolute atomic E-state index is 0.308. The summed E-state index contributed by atoms with van der Waals surface area (Å²) in [7, 11) is 0. The molecule has 0 radical (unpaired) electrons. The zero-order chi connectivity index (χ0) is 22.2. The number of esters is 1. The number of benzene rings is 3. The van der Waals surface area contributed by atoms with Crippen LogP contribution in [0.4, 0.5) is 0 Å². The van der Waals surface area contributed by atoms with Crippen molar-refractivity contribution < 1.29 is 19.1 Å². The fourth-order valence-electron chi connectivity index (χ4n) is 2.67. The highest BCUT2D eigenvalue weighted by Gasteiger charge is 2.13. The number of hydrogen-bond donors (Lipinski definition) is 1. The summed E-state index contributed by atoms with van der Waals surface area (Å²) >= 11 is 3.33. The number of aryl methyl sites for hydroxylation is 1. The van der Waals surface area contributed by atoms with Gasteiger partial charge >= 0.3 is 5.97 Å². The Kier molecular flexibility index (Phi) is 7.56. The summed E-state index contributed by atoms with van der Waals surface area (Å²) < 4.78 is 11.9. The zero-order valence-corrected chi connectivity index (χ0v) is 18.7. The van der Waals surface area contributed by atoms with Gasteiger partial charge in [-0.2, -0.15) is 5.10 Å². The van der Waals surface area contributed by atoms with E-state index in [-0.39, 0.29) is 5.91 Å². The minimum atomic E-state index is -0.469. The lowest BCUT2D eigenvalue weighted by Gasteiger charge is -2.11. The molecule has 0 aliphatic heterocycles. The summed E-state index contributed by atoms with van der Waals surface area (Å²) in [6.07, 6.45) is 1.49. The molecule has 3 aromatic carbocycles. The van der Waals surface area contributed by atoms with Gasteiger partial charge in [0.2, 0.25) is 0 Å². The summed E-state index contributed by atoms with van der Waals surface area (Å²) in [4.78, 5) is 24.6. The molecule has 0 bridgehead atoms. The third-order valence-electron chi connectivity index (χ3n) is 4.22. The van der Waals surface area contributed by atoms with E-state index in [1.54, 1.807) is 48.5 Å². The van der Waals surface area contributed by atoms with Crippen LogP contribution in [0.5, 0.6) is 11.5 Å². The third-order valence-corrected chi connectivity index (χ3v) is 4.72. The first kappa shape index (κ1) is 22.2. The number of halogens is 1. The highest BCUT2D eigenvalue weighted by molar-refractivity contribution is 9.10. The Morgan fingerprint density at radius 1 is 1.00 bits per heavy atom. The summed E-state index contributed by atoms with van der Waals surface area (Å²) in [6, 6.07) is 19.2. The van der Waals surface area contributed by atoms with E-state index < -0.39 is 5.97 Å². The zero-order valence-electron chi connectivity index (χ0n) is 17.1. The lowest BCUT2D eigenvalue weighted by Crippen LogP contribution is -2.17. The quantitative estimate of drug-likeness (QED) is 0.220. The molecule has 31 heavy (non-hydrogen) atoms. The molecular weight excluding hydrogens is 460 g/mol. The van der Waals surface area contributed by atoms with E-state index >= 15 is 0 Å². The molecule has 0 aliphatic carbocycles. The van der Waals surface area contributed by atoms with E-state index in [0.29, 0.717) is 34.8 Å². The summed E-state index contributed by atoms with van der Waals surface area (Å²) in [5.41, 5.74) is 5.15. The van der Waals surface area contributed by atoms with Gasteiger partial charge in [0.1, 0.15) is 0 Å². The van der Waals surface area contributed by atoms with E-state index in [4.69, 9.17) is 9.47 Å². The number of carbonyl (C=O) groups excluding carboxylic acids is 2. The molecule has 1 amide bonds. The van der Waals surface area contributed by atoms with E-state index in [9.17, 15) is 9.59 Å². The van der Waals surface area contributed by atoms with Crippen LogP contribution in [0.15, 0.2) is 76.3 Å². The highest BCUT2D eigenvalue weighted by atomic mass is 79.9. The van der Waals surface area contributed by atoms with E-state index in [1.807, 2.05) is 32.0 Å². The van der Waals surface area contributed by atoms with Crippen molar-refractivity contribution in [2.75, 3.05) is 6.61 Å². The molecule has 0 fully saturated rings. The average Bonchev–Trinajstić information content (AvgIpc) is 2.76. The van der Waals surface area contributed by atoms with Crippen molar-refractivity contribution in [3.05, 3.63) is 93.5 Å². The second-order valence-corrected chi connectivity index (χ2v) is 7.52. The monoisotopic (exact) mass is 480 g/mol. The average molecular weight is 481 g/mol. The first-order valence-corrected chi connectivity index (χ1v) is 10.4.